The van der Waals surface area contributed by atoms with Gasteiger partial charge in [0.05, 0.1) is 0 Å². The van der Waals surface area contributed by atoms with Crippen molar-refractivity contribution in [1.82, 2.24) is 4.90 Å². The molecule has 2 rings (SSSR count). The SMILES string of the molecule is CC(C)(C)OC(=O)N1CCC(CC2CC(=O)C2(Cl)Cl)CC1. The van der Waals surface area contributed by atoms with Gasteiger partial charge in [0.1, 0.15) is 5.60 Å². The number of Topliss-reactive ketones (excluding diaryl/α,β-unsaturated/α-hetero) is 1. The highest BCUT2D eigenvalue weighted by Gasteiger charge is 2.52. The molecule has 0 radical (unpaired) electrons. The van der Waals surface area contributed by atoms with Crippen molar-refractivity contribution in [3.05, 3.63) is 0 Å². The fraction of sp³-hybridized carbons (Fsp3) is 0.867. The molecule has 1 heterocycles. The zero-order valence-corrected chi connectivity index (χ0v) is 14.3. The van der Waals surface area contributed by atoms with E-state index in [-0.39, 0.29) is 17.8 Å². The van der Waals surface area contributed by atoms with Crippen molar-refractivity contribution in [2.45, 2.75) is 56.4 Å². The third-order valence-electron chi connectivity index (χ3n) is 4.20. The lowest BCUT2D eigenvalue weighted by Gasteiger charge is -2.41. The fourth-order valence-electron chi connectivity index (χ4n) is 2.90. The van der Waals surface area contributed by atoms with Gasteiger partial charge in [-0.2, -0.15) is 0 Å². The number of rotatable bonds is 2. The fourth-order valence-corrected chi connectivity index (χ4v) is 3.38. The lowest BCUT2D eigenvalue weighted by molar-refractivity contribution is -0.128. The number of hydrogen-bond donors (Lipinski definition) is 0. The van der Waals surface area contributed by atoms with Crippen LogP contribution >= 0.6 is 23.2 Å². The molecule has 1 atom stereocenters. The minimum atomic E-state index is -1.18. The standard InChI is InChI=1S/C15H23Cl2NO3/c1-14(2,3)21-13(20)18-6-4-10(5-7-18)8-11-9-12(19)15(11,16)17/h10-11H,4-9H2,1-3H3. The molecule has 1 amide bonds. The molecule has 0 aromatic rings. The van der Waals surface area contributed by atoms with Crippen LogP contribution in [0.15, 0.2) is 0 Å². The molecule has 1 aliphatic carbocycles. The van der Waals surface area contributed by atoms with E-state index in [9.17, 15) is 9.59 Å². The molecule has 1 saturated heterocycles. The number of piperidine rings is 1. The average molecular weight is 336 g/mol. The molecule has 2 aliphatic rings. The van der Waals surface area contributed by atoms with E-state index in [4.69, 9.17) is 27.9 Å². The highest BCUT2D eigenvalue weighted by molar-refractivity contribution is 6.60. The van der Waals surface area contributed by atoms with Crippen molar-refractivity contribution >= 4 is 35.1 Å². The molecule has 2 fully saturated rings. The van der Waals surface area contributed by atoms with E-state index in [1.54, 1.807) is 4.90 Å². The van der Waals surface area contributed by atoms with Gasteiger partial charge in [-0.25, -0.2) is 4.79 Å². The summed E-state index contributed by atoms with van der Waals surface area (Å²) in [6, 6.07) is 0. The first-order valence-corrected chi connectivity index (χ1v) is 8.24. The normalized spacial score (nSPS) is 26.4. The summed E-state index contributed by atoms with van der Waals surface area (Å²) in [6.45, 7) is 6.99. The van der Waals surface area contributed by atoms with Crippen LogP contribution in [0.25, 0.3) is 0 Å². The number of carbonyl (C=O) groups excluding carboxylic acids is 2. The van der Waals surface area contributed by atoms with Crippen LogP contribution in [0.1, 0.15) is 46.5 Å². The van der Waals surface area contributed by atoms with Gasteiger partial charge in [-0.05, 0) is 46.0 Å². The van der Waals surface area contributed by atoms with E-state index < -0.39 is 9.93 Å². The second kappa shape index (κ2) is 5.96. The van der Waals surface area contributed by atoms with Gasteiger partial charge in [0.2, 0.25) is 0 Å². The van der Waals surface area contributed by atoms with Gasteiger partial charge in [0.15, 0.2) is 10.1 Å². The summed E-state index contributed by atoms with van der Waals surface area (Å²) in [5, 5.41) is 0. The van der Waals surface area contributed by atoms with E-state index in [0.29, 0.717) is 25.4 Å². The summed E-state index contributed by atoms with van der Waals surface area (Å²) in [5.74, 6) is 0.465. The first-order valence-electron chi connectivity index (χ1n) is 7.48. The molecule has 0 aromatic carbocycles. The van der Waals surface area contributed by atoms with Gasteiger partial charge in [0, 0.05) is 25.4 Å². The van der Waals surface area contributed by atoms with Crippen LogP contribution < -0.4 is 0 Å². The van der Waals surface area contributed by atoms with E-state index >= 15 is 0 Å². The molecule has 21 heavy (non-hydrogen) atoms. The van der Waals surface area contributed by atoms with Gasteiger partial charge in [-0.1, -0.05) is 23.2 Å². The smallest absolute Gasteiger partial charge is 0.410 e. The van der Waals surface area contributed by atoms with Crippen molar-refractivity contribution in [2.24, 2.45) is 11.8 Å². The third-order valence-corrected chi connectivity index (χ3v) is 5.24. The Kier molecular flexibility index (Phi) is 4.79. The molecular weight excluding hydrogens is 313 g/mol. The van der Waals surface area contributed by atoms with Crippen LogP contribution in [0.5, 0.6) is 0 Å². The van der Waals surface area contributed by atoms with Gasteiger partial charge >= 0.3 is 6.09 Å². The Hall–Kier alpha value is -0.480. The zero-order chi connectivity index (χ0) is 15.8. The van der Waals surface area contributed by atoms with Crippen molar-refractivity contribution in [1.29, 1.82) is 0 Å². The molecule has 120 valence electrons. The Morgan fingerprint density at radius 2 is 1.90 bits per heavy atom. The maximum atomic E-state index is 12.0. The zero-order valence-electron chi connectivity index (χ0n) is 12.8. The Balaban J connectivity index is 1.76. The molecule has 6 heteroatoms. The highest BCUT2D eigenvalue weighted by atomic mass is 35.5. The second-order valence-electron chi connectivity index (χ2n) is 7.09. The van der Waals surface area contributed by atoms with Gasteiger partial charge in [-0.3, -0.25) is 4.79 Å². The maximum absolute atomic E-state index is 12.0. The number of halogens is 2. The van der Waals surface area contributed by atoms with Crippen LogP contribution in [-0.4, -0.2) is 39.8 Å². The third kappa shape index (κ3) is 4.04. The van der Waals surface area contributed by atoms with Crippen LogP contribution in [0.4, 0.5) is 4.79 Å². The Bertz CT molecular complexity index is 423. The topological polar surface area (TPSA) is 46.6 Å². The minimum Gasteiger partial charge on any atom is -0.444 e. The lowest BCUT2D eigenvalue weighted by Crippen LogP contribution is -2.49. The molecule has 4 nitrogen and oxygen atoms in total. The summed E-state index contributed by atoms with van der Waals surface area (Å²) in [4.78, 5) is 25.1. The Morgan fingerprint density at radius 3 is 2.33 bits per heavy atom. The summed E-state index contributed by atoms with van der Waals surface area (Å²) in [7, 11) is 0. The van der Waals surface area contributed by atoms with Crippen LogP contribution in [0.3, 0.4) is 0 Å². The summed E-state index contributed by atoms with van der Waals surface area (Å²) >= 11 is 12.0. The Labute approximate surface area is 136 Å². The van der Waals surface area contributed by atoms with Crippen molar-refractivity contribution < 1.29 is 14.3 Å². The number of nitrogens with zero attached hydrogens (tertiary/aromatic N) is 1. The van der Waals surface area contributed by atoms with Crippen LogP contribution in [0.2, 0.25) is 0 Å². The van der Waals surface area contributed by atoms with Crippen molar-refractivity contribution in [2.75, 3.05) is 13.1 Å². The summed E-state index contributed by atoms with van der Waals surface area (Å²) in [5.41, 5.74) is -0.461. The van der Waals surface area contributed by atoms with E-state index in [2.05, 4.69) is 0 Å². The van der Waals surface area contributed by atoms with Crippen molar-refractivity contribution in [3.8, 4) is 0 Å². The highest BCUT2D eigenvalue weighted by Crippen LogP contribution is 2.48. The van der Waals surface area contributed by atoms with Gasteiger partial charge < -0.3 is 9.64 Å². The minimum absolute atomic E-state index is 0.0615. The molecule has 0 spiro atoms. The Morgan fingerprint density at radius 1 is 1.33 bits per heavy atom. The maximum Gasteiger partial charge on any atom is 0.410 e. The predicted octanol–water partition coefficient (Wildman–Crippen LogP) is 3.79. The molecule has 1 unspecified atom stereocenters. The molecular formula is C15H23Cl2NO3. The van der Waals surface area contributed by atoms with Crippen LogP contribution in [-0.2, 0) is 9.53 Å². The number of ketones is 1. The largest absolute Gasteiger partial charge is 0.444 e. The van der Waals surface area contributed by atoms with E-state index in [1.165, 1.54) is 0 Å². The molecule has 1 aliphatic heterocycles. The number of carbonyl (C=O) groups is 2. The number of alkyl halides is 2. The molecule has 0 N–H and O–H groups in total. The monoisotopic (exact) mass is 335 g/mol. The first-order chi connectivity index (χ1) is 9.59. The summed E-state index contributed by atoms with van der Waals surface area (Å²) < 4.78 is 4.19. The van der Waals surface area contributed by atoms with E-state index in [1.807, 2.05) is 20.8 Å². The van der Waals surface area contributed by atoms with Crippen molar-refractivity contribution in [3.63, 3.8) is 0 Å². The van der Waals surface area contributed by atoms with Gasteiger partial charge in [0.25, 0.3) is 0 Å². The number of likely N-dealkylation sites (tertiary alicyclic amines) is 1. The lowest BCUT2D eigenvalue weighted by atomic mass is 9.75. The number of amides is 1. The molecule has 1 saturated carbocycles. The predicted molar refractivity (Wildman–Crippen MR) is 82.7 cm³/mol. The molecule has 0 bridgehead atoms. The van der Waals surface area contributed by atoms with E-state index in [0.717, 1.165) is 19.3 Å². The van der Waals surface area contributed by atoms with Crippen LogP contribution in [0, 0.1) is 11.8 Å². The number of ether oxygens (including phenoxy) is 1. The second-order valence-corrected chi connectivity index (χ2v) is 8.48. The van der Waals surface area contributed by atoms with Gasteiger partial charge in [-0.15, -0.1) is 0 Å². The quantitative estimate of drug-likeness (QED) is 0.721. The summed E-state index contributed by atoms with van der Waals surface area (Å²) in [6.07, 6.45) is 2.92. The first kappa shape index (κ1) is 16.9. The number of hydrogen-bond acceptors (Lipinski definition) is 3. The molecule has 0 aromatic heterocycles. The average Bonchev–Trinajstić information content (AvgIpc) is 2.37.